The van der Waals surface area contributed by atoms with Gasteiger partial charge in [0, 0.05) is 17.8 Å². The molecule has 0 unspecified atom stereocenters. The molecule has 1 aromatic heterocycles. The maximum atomic E-state index is 13.4. The number of para-hydroxylation sites is 1. The molecule has 1 amide bonds. The van der Waals surface area contributed by atoms with E-state index in [0.717, 1.165) is 29.5 Å². The monoisotopic (exact) mass is 412 g/mol. The molecule has 2 fully saturated rings. The lowest BCUT2D eigenvalue weighted by Gasteiger charge is -2.34. The number of hydrogen-bond donors (Lipinski definition) is 0. The van der Waals surface area contributed by atoms with Crippen LogP contribution in [0, 0.1) is 6.92 Å². The van der Waals surface area contributed by atoms with Crippen LogP contribution in [-0.4, -0.2) is 32.5 Å². The van der Waals surface area contributed by atoms with Crippen LogP contribution in [0.4, 0.5) is 5.69 Å². The third kappa shape index (κ3) is 4.85. The molecule has 1 heterocycles. The van der Waals surface area contributed by atoms with Gasteiger partial charge in [0.25, 0.3) is 0 Å². The molecule has 4 rings (SSSR count). The molecule has 2 aliphatic rings. The van der Waals surface area contributed by atoms with E-state index in [0.29, 0.717) is 17.8 Å². The smallest absolute Gasteiger partial charge is 0.237 e. The number of aromatic nitrogens is 3. The Labute approximate surface area is 178 Å². The summed E-state index contributed by atoms with van der Waals surface area (Å²) in [7, 11) is 0. The van der Waals surface area contributed by atoms with Crippen molar-refractivity contribution in [1.29, 1.82) is 0 Å². The Hall–Kier alpha value is -1.82. The minimum atomic E-state index is 0.184. The first-order valence-electron chi connectivity index (χ1n) is 11.2. The van der Waals surface area contributed by atoms with Gasteiger partial charge in [-0.05, 0) is 44.7 Å². The van der Waals surface area contributed by atoms with Gasteiger partial charge in [0.05, 0.1) is 5.75 Å². The average Bonchev–Trinajstić information content (AvgIpc) is 3.15. The molecule has 0 N–H and O–H groups in total. The van der Waals surface area contributed by atoms with Crippen LogP contribution in [0.25, 0.3) is 0 Å². The quantitative estimate of drug-likeness (QED) is 0.584. The number of aryl methyl sites for hydroxylation is 1. The Morgan fingerprint density at radius 1 is 1.00 bits per heavy atom. The van der Waals surface area contributed by atoms with Crippen molar-refractivity contribution in [3.05, 3.63) is 36.2 Å². The third-order valence-electron chi connectivity index (χ3n) is 6.34. The highest BCUT2D eigenvalue weighted by Crippen LogP contribution is 2.33. The van der Waals surface area contributed by atoms with E-state index >= 15 is 0 Å². The second-order valence-corrected chi connectivity index (χ2v) is 9.31. The predicted molar refractivity (Wildman–Crippen MR) is 118 cm³/mol. The highest BCUT2D eigenvalue weighted by molar-refractivity contribution is 7.99. The van der Waals surface area contributed by atoms with Crippen LogP contribution >= 0.6 is 11.8 Å². The lowest BCUT2D eigenvalue weighted by molar-refractivity contribution is -0.116. The lowest BCUT2D eigenvalue weighted by Crippen LogP contribution is -2.42. The molecule has 2 saturated carbocycles. The molecule has 0 bridgehead atoms. The molecule has 0 saturated heterocycles. The number of amides is 1. The number of carbonyl (C=O) groups is 1. The van der Waals surface area contributed by atoms with E-state index in [2.05, 4.69) is 31.8 Å². The fourth-order valence-electron chi connectivity index (χ4n) is 4.89. The molecule has 0 spiro atoms. The Kier molecular flexibility index (Phi) is 6.90. The van der Waals surface area contributed by atoms with Crippen molar-refractivity contribution in [2.45, 2.75) is 88.4 Å². The lowest BCUT2D eigenvalue weighted by atomic mass is 9.93. The molecule has 6 heteroatoms. The molecule has 29 heavy (non-hydrogen) atoms. The average molecular weight is 413 g/mol. The van der Waals surface area contributed by atoms with Gasteiger partial charge in [-0.1, -0.05) is 68.5 Å². The van der Waals surface area contributed by atoms with E-state index in [1.165, 1.54) is 51.4 Å². The zero-order valence-corrected chi connectivity index (χ0v) is 18.2. The Balaban J connectivity index is 1.48. The molecule has 5 nitrogen and oxygen atoms in total. The molecule has 0 atom stereocenters. The second-order valence-electron chi connectivity index (χ2n) is 8.37. The van der Waals surface area contributed by atoms with Gasteiger partial charge < -0.3 is 9.47 Å². The minimum Gasteiger partial charge on any atom is -0.309 e. The number of thioether (sulfide) groups is 1. The van der Waals surface area contributed by atoms with Crippen molar-refractivity contribution >= 4 is 23.4 Å². The van der Waals surface area contributed by atoms with Crippen molar-refractivity contribution in [1.82, 2.24) is 14.8 Å². The van der Waals surface area contributed by atoms with Gasteiger partial charge in [0.2, 0.25) is 5.91 Å². The van der Waals surface area contributed by atoms with Crippen molar-refractivity contribution in [3.63, 3.8) is 0 Å². The molecular weight excluding hydrogens is 380 g/mol. The van der Waals surface area contributed by atoms with Crippen molar-refractivity contribution in [3.8, 4) is 0 Å². The van der Waals surface area contributed by atoms with Crippen LogP contribution < -0.4 is 4.90 Å². The van der Waals surface area contributed by atoms with Gasteiger partial charge in [0.15, 0.2) is 5.16 Å². The van der Waals surface area contributed by atoms with E-state index < -0.39 is 0 Å². The van der Waals surface area contributed by atoms with E-state index in [4.69, 9.17) is 0 Å². The number of hydrogen-bond acceptors (Lipinski definition) is 4. The van der Waals surface area contributed by atoms with E-state index in [1.54, 1.807) is 11.8 Å². The largest absolute Gasteiger partial charge is 0.309 e. The summed E-state index contributed by atoms with van der Waals surface area (Å²) in [5, 5.41) is 9.64. The fourth-order valence-corrected chi connectivity index (χ4v) is 5.80. The first-order valence-corrected chi connectivity index (χ1v) is 12.1. The van der Waals surface area contributed by atoms with Gasteiger partial charge >= 0.3 is 0 Å². The van der Waals surface area contributed by atoms with Gasteiger partial charge in [-0.25, -0.2) is 0 Å². The van der Waals surface area contributed by atoms with Crippen molar-refractivity contribution < 1.29 is 4.79 Å². The van der Waals surface area contributed by atoms with E-state index in [-0.39, 0.29) is 5.91 Å². The Morgan fingerprint density at radius 3 is 2.34 bits per heavy atom. The van der Waals surface area contributed by atoms with Crippen LogP contribution in [0.15, 0.2) is 35.5 Å². The highest BCUT2D eigenvalue weighted by atomic mass is 32.2. The maximum Gasteiger partial charge on any atom is 0.237 e. The van der Waals surface area contributed by atoms with Crippen molar-refractivity contribution in [2.24, 2.45) is 0 Å². The summed E-state index contributed by atoms with van der Waals surface area (Å²) in [6.45, 7) is 2.03. The Morgan fingerprint density at radius 2 is 1.66 bits per heavy atom. The van der Waals surface area contributed by atoms with Gasteiger partial charge in [0.1, 0.15) is 5.82 Å². The fraction of sp³-hybridized carbons (Fsp3) is 0.609. The number of carbonyl (C=O) groups excluding carboxylic acids is 1. The Bertz CT molecular complexity index is 794. The molecule has 0 aliphatic heterocycles. The number of benzene rings is 1. The third-order valence-corrected chi connectivity index (χ3v) is 7.27. The van der Waals surface area contributed by atoms with Gasteiger partial charge in [-0.2, -0.15) is 0 Å². The summed E-state index contributed by atoms with van der Waals surface area (Å²) in [4.78, 5) is 15.4. The SMILES string of the molecule is Cc1nnc(SCC(=O)N(c2ccccc2)C2CCCCC2)n1C1CCCCC1. The topological polar surface area (TPSA) is 51.0 Å². The maximum absolute atomic E-state index is 13.4. The second kappa shape index (κ2) is 9.79. The molecule has 156 valence electrons. The first-order chi connectivity index (χ1) is 14.2. The normalized spacial score (nSPS) is 18.7. The number of nitrogens with zero attached hydrogens (tertiary/aromatic N) is 4. The van der Waals surface area contributed by atoms with Gasteiger partial charge in [-0.3, -0.25) is 4.79 Å². The summed E-state index contributed by atoms with van der Waals surface area (Å²) in [6, 6.07) is 11.0. The first kappa shape index (κ1) is 20.5. The van der Waals surface area contributed by atoms with Crippen LogP contribution in [0.2, 0.25) is 0 Å². The molecule has 0 radical (unpaired) electrons. The van der Waals surface area contributed by atoms with E-state index in [1.807, 2.05) is 25.1 Å². The molecule has 1 aromatic carbocycles. The van der Waals surface area contributed by atoms with E-state index in [9.17, 15) is 4.79 Å². The summed E-state index contributed by atoms with van der Waals surface area (Å²) in [5.41, 5.74) is 1.02. The van der Waals surface area contributed by atoms with Crippen LogP contribution in [0.5, 0.6) is 0 Å². The van der Waals surface area contributed by atoms with Gasteiger partial charge in [-0.15, -0.1) is 10.2 Å². The molecule has 2 aromatic rings. The standard InChI is InChI=1S/C23H32N4OS/c1-18-24-25-23(26(18)19-11-5-2-6-12-19)29-17-22(28)27(20-13-7-3-8-14-20)21-15-9-4-10-16-21/h3,7-8,13-14,19,21H,2,4-6,9-12,15-17H2,1H3. The highest BCUT2D eigenvalue weighted by Gasteiger charge is 2.28. The molecular formula is C23H32N4OS. The summed E-state index contributed by atoms with van der Waals surface area (Å²) >= 11 is 1.55. The van der Waals surface area contributed by atoms with Crippen LogP contribution in [0.1, 0.15) is 76.1 Å². The zero-order chi connectivity index (χ0) is 20.1. The minimum absolute atomic E-state index is 0.184. The van der Waals surface area contributed by atoms with Crippen molar-refractivity contribution in [2.75, 3.05) is 10.7 Å². The summed E-state index contributed by atoms with van der Waals surface area (Å²) < 4.78 is 2.28. The van der Waals surface area contributed by atoms with Crippen LogP contribution in [0.3, 0.4) is 0 Å². The summed E-state index contributed by atoms with van der Waals surface area (Å²) in [5.74, 6) is 1.57. The number of anilines is 1. The van der Waals surface area contributed by atoms with Crippen LogP contribution in [-0.2, 0) is 4.79 Å². The predicted octanol–water partition coefficient (Wildman–Crippen LogP) is 5.55. The summed E-state index contributed by atoms with van der Waals surface area (Å²) in [6.07, 6.45) is 12.2. The zero-order valence-electron chi connectivity index (χ0n) is 17.4. The number of rotatable bonds is 6. The molecule has 2 aliphatic carbocycles.